The fourth-order valence-corrected chi connectivity index (χ4v) is 7.40. The molecule has 0 amide bonds. The van der Waals surface area contributed by atoms with Gasteiger partial charge < -0.3 is 10.2 Å². The summed E-state index contributed by atoms with van der Waals surface area (Å²) in [7, 11) is 6.23. The van der Waals surface area contributed by atoms with Crippen LogP contribution in [0.2, 0.25) is 0 Å². The molecular formula is C25H52O3S3. The maximum atomic E-state index is 8.56. The van der Waals surface area contributed by atoms with Crippen molar-refractivity contribution >= 4 is 37.6 Å². The van der Waals surface area contributed by atoms with Gasteiger partial charge in [0.25, 0.3) is 0 Å². The summed E-state index contributed by atoms with van der Waals surface area (Å²) >= 11 is 0. The van der Waals surface area contributed by atoms with Gasteiger partial charge in [-0.05, 0) is 22.7 Å². The molecule has 0 radical (unpaired) electrons. The minimum Gasteiger partial charge on any atom is -0.450 e. The second-order valence-electron chi connectivity index (χ2n) is 8.36. The molecule has 0 unspecified atom stereocenters. The zero-order chi connectivity index (χ0) is 23.3. The van der Waals surface area contributed by atoms with Gasteiger partial charge in [-0.15, -0.1) is 0 Å². The van der Waals surface area contributed by atoms with Crippen molar-refractivity contribution in [3.63, 3.8) is 0 Å². The molecule has 0 aromatic rings. The lowest BCUT2D eigenvalue weighted by atomic mass is 10.1. The Balaban J connectivity index is 0. The molecule has 0 aromatic carbocycles. The minimum atomic E-state index is -1.83. The summed E-state index contributed by atoms with van der Waals surface area (Å²) in [5.74, 6) is 2.71. The van der Waals surface area contributed by atoms with Crippen molar-refractivity contribution < 1.29 is 15.0 Å². The van der Waals surface area contributed by atoms with Crippen LogP contribution >= 0.6 is 31.4 Å². The molecule has 0 fully saturated rings. The number of rotatable bonds is 24. The van der Waals surface area contributed by atoms with Gasteiger partial charge in [0.15, 0.2) is 0 Å². The zero-order valence-corrected chi connectivity index (χ0v) is 23.0. The molecule has 0 heterocycles. The predicted octanol–water partition coefficient (Wildman–Crippen LogP) is 11.1. The van der Waals surface area contributed by atoms with Gasteiger partial charge in [-0.25, -0.2) is 4.79 Å². The zero-order valence-electron chi connectivity index (χ0n) is 20.6. The molecule has 0 saturated heterocycles. The van der Waals surface area contributed by atoms with Crippen LogP contribution < -0.4 is 0 Å². The third kappa shape index (κ3) is 41.1. The summed E-state index contributed by atoms with van der Waals surface area (Å²) in [6.07, 6.45) is 27.1. The van der Waals surface area contributed by atoms with Crippen molar-refractivity contribution in [1.29, 1.82) is 0 Å². The molecule has 188 valence electrons. The molecule has 0 bridgehead atoms. The molecule has 0 aliphatic heterocycles. The minimum absolute atomic E-state index is 1.35. The second kappa shape index (κ2) is 32.5. The average Bonchev–Trinajstić information content (AvgIpc) is 2.74. The summed E-state index contributed by atoms with van der Waals surface area (Å²) in [5.41, 5.74) is 0. The van der Waals surface area contributed by atoms with E-state index in [1.165, 1.54) is 140 Å². The molecule has 6 heteroatoms. The first-order valence-electron chi connectivity index (χ1n) is 13.0. The molecule has 0 rings (SSSR count). The van der Waals surface area contributed by atoms with Crippen molar-refractivity contribution in [3.05, 3.63) is 0 Å². The summed E-state index contributed by atoms with van der Waals surface area (Å²) in [6.45, 7) is 4.60. The maximum Gasteiger partial charge on any atom is 0.503 e. The van der Waals surface area contributed by atoms with E-state index < -0.39 is 6.16 Å². The van der Waals surface area contributed by atoms with E-state index in [0.717, 1.165) is 0 Å². The van der Waals surface area contributed by atoms with Gasteiger partial charge in [0.05, 0.1) is 0 Å². The van der Waals surface area contributed by atoms with E-state index in [9.17, 15) is 0 Å². The van der Waals surface area contributed by atoms with Gasteiger partial charge in [-0.3, -0.25) is 0 Å². The molecule has 0 spiro atoms. The second-order valence-corrected chi connectivity index (χ2v) is 12.8. The Hall–Kier alpha value is 0.320. The van der Waals surface area contributed by atoms with Crippen molar-refractivity contribution in [2.75, 3.05) is 11.5 Å². The van der Waals surface area contributed by atoms with Gasteiger partial charge >= 0.3 is 6.16 Å². The number of carboxylic acid groups (broad SMARTS) is 2. The Morgan fingerprint density at radius 2 is 0.710 bits per heavy atom. The van der Waals surface area contributed by atoms with Gasteiger partial charge in [-0.1, -0.05) is 151 Å². The Bertz CT molecular complexity index is 303. The Kier molecular flexibility index (Phi) is 35.1. The van der Waals surface area contributed by atoms with Crippen LogP contribution in [0.25, 0.3) is 0 Å². The van der Waals surface area contributed by atoms with Crippen molar-refractivity contribution in [3.8, 4) is 0 Å². The van der Waals surface area contributed by atoms with Crippen LogP contribution in [0.5, 0.6) is 0 Å². The van der Waals surface area contributed by atoms with Crippen LogP contribution in [0.4, 0.5) is 4.79 Å². The molecule has 3 nitrogen and oxygen atoms in total. The lowest BCUT2D eigenvalue weighted by molar-refractivity contribution is 0.137. The highest BCUT2D eigenvalue weighted by Gasteiger charge is 1.96. The molecule has 0 aliphatic carbocycles. The monoisotopic (exact) mass is 496 g/mol. The third-order valence-corrected chi connectivity index (χ3v) is 9.67. The number of carbonyl (C=O) groups is 1. The highest BCUT2D eigenvalue weighted by molar-refractivity contribution is 9.09. The van der Waals surface area contributed by atoms with E-state index in [-0.39, 0.29) is 0 Å². The van der Waals surface area contributed by atoms with Crippen LogP contribution in [0, 0.1) is 0 Å². The van der Waals surface area contributed by atoms with Crippen LogP contribution in [0.15, 0.2) is 0 Å². The normalized spacial score (nSPS) is 10.6. The van der Waals surface area contributed by atoms with Crippen LogP contribution in [0.3, 0.4) is 0 Å². The smallest absolute Gasteiger partial charge is 0.450 e. The standard InChI is InChI=1S/C24H50S3.CH2O3/c1-3-5-7-9-11-13-15-17-19-21-23-25-27-26-24-22-20-18-16-14-12-10-8-6-4-2;2-1(3)4/h3-24H2,1-2H3;(H2,2,3,4). The van der Waals surface area contributed by atoms with E-state index in [0.29, 0.717) is 0 Å². The van der Waals surface area contributed by atoms with Gasteiger partial charge in [0, 0.05) is 11.5 Å². The highest BCUT2D eigenvalue weighted by atomic mass is 33.5. The quantitative estimate of drug-likeness (QED) is 0.102. The SMILES string of the molecule is CCCCCCCCCCCCSSSCCCCCCCCCCCC.O=C(O)O. The lowest BCUT2D eigenvalue weighted by Crippen LogP contribution is -1.83. The topological polar surface area (TPSA) is 57.5 Å². The van der Waals surface area contributed by atoms with Crippen LogP contribution in [-0.4, -0.2) is 27.9 Å². The summed E-state index contributed by atoms with van der Waals surface area (Å²) < 4.78 is 0. The fourth-order valence-electron chi connectivity index (χ4n) is 3.40. The molecule has 0 aromatic heterocycles. The molecule has 0 atom stereocenters. The fraction of sp³-hybridized carbons (Fsp3) is 0.960. The van der Waals surface area contributed by atoms with Gasteiger partial charge in [0.2, 0.25) is 0 Å². The third-order valence-electron chi connectivity index (χ3n) is 5.26. The molecule has 0 aliphatic rings. The summed E-state index contributed by atoms with van der Waals surface area (Å²) in [4.78, 5) is 8.56. The predicted molar refractivity (Wildman–Crippen MR) is 147 cm³/mol. The molecule has 0 saturated carbocycles. The van der Waals surface area contributed by atoms with Gasteiger partial charge in [-0.2, -0.15) is 0 Å². The average molecular weight is 497 g/mol. The van der Waals surface area contributed by atoms with Crippen molar-refractivity contribution in [1.82, 2.24) is 0 Å². The summed E-state index contributed by atoms with van der Waals surface area (Å²) in [6, 6.07) is 0. The highest BCUT2D eigenvalue weighted by Crippen LogP contribution is 2.35. The van der Waals surface area contributed by atoms with Gasteiger partial charge in [0.1, 0.15) is 0 Å². The van der Waals surface area contributed by atoms with E-state index in [1.54, 1.807) is 0 Å². The van der Waals surface area contributed by atoms with Crippen LogP contribution in [0.1, 0.15) is 142 Å². The maximum absolute atomic E-state index is 8.56. The lowest BCUT2D eigenvalue weighted by Gasteiger charge is -2.03. The first-order valence-corrected chi connectivity index (χ1v) is 16.8. The largest absolute Gasteiger partial charge is 0.503 e. The van der Waals surface area contributed by atoms with Crippen molar-refractivity contribution in [2.24, 2.45) is 0 Å². The Morgan fingerprint density at radius 1 is 0.484 bits per heavy atom. The van der Waals surface area contributed by atoms with E-state index in [1.807, 2.05) is 9.83 Å². The van der Waals surface area contributed by atoms with Crippen LogP contribution in [-0.2, 0) is 0 Å². The van der Waals surface area contributed by atoms with E-state index in [4.69, 9.17) is 15.0 Å². The van der Waals surface area contributed by atoms with Crippen molar-refractivity contribution in [2.45, 2.75) is 142 Å². The van der Waals surface area contributed by atoms with E-state index in [2.05, 4.69) is 35.4 Å². The molecule has 2 N–H and O–H groups in total. The number of unbranched alkanes of at least 4 members (excludes halogenated alkanes) is 18. The Morgan fingerprint density at radius 3 is 0.968 bits per heavy atom. The first-order chi connectivity index (χ1) is 15.1. The van der Waals surface area contributed by atoms with E-state index >= 15 is 0 Å². The number of hydrogen-bond acceptors (Lipinski definition) is 4. The molecular weight excluding hydrogens is 444 g/mol. The first kappa shape index (κ1) is 33.5. The molecule has 31 heavy (non-hydrogen) atoms. The number of hydrogen-bond donors (Lipinski definition) is 2. The summed E-state index contributed by atoms with van der Waals surface area (Å²) in [5, 5.41) is 13.9. The Labute approximate surface area is 205 Å².